The molecule has 1 aliphatic rings. The number of hydrogen-bond donors (Lipinski definition) is 1. The summed E-state index contributed by atoms with van der Waals surface area (Å²) in [5, 5.41) is 8.79. The zero-order valence-electron chi connectivity index (χ0n) is 8.89. The van der Waals surface area contributed by atoms with Crippen LogP contribution in [0.3, 0.4) is 0 Å². The minimum absolute atomic E-state index is 0.0588. The lowest BCUT2D eigenvalue weighted by molar-refractivity contribution is -0.137. The molecule has 0 radical (unpaired) electrons. The lowest BCUT2D eigenvalue weighted by Gasteiger charge is -2.16. The monoisotopic (exact) mass is 226 g/mol. The van der Waals surface area contributed by atoms with Crippen molar-refractivity contribution in [3.63, 3.8) is 0 Å². The van der Waals surface area contributed by atoms with Gasteiger partial charge < -0.3 is 5.11 Å². The molecule has 16 heavy (non-hydrogen) atoms. The van der Waals surface area contributed by atoms with Crippen molar-refractivity contribution in [3.05, 3.63) is 34.9 Å². The second-order valence-electron chi connectivity index (χ2n) is 4.41. The fourth-order valence-corrected chi connectivity index (χ4v) is 2.18. The van der Waals surface area contributed by atoms with E-state index in [4.69, 9.17) is 5.11 Å². The smallest absolute Gasteiger partial charge is 0.304 e. The summed E-state index contributed by atoms with van der Waals surface area (Å²) in [7, 11) is 0. The van der Waals surface area contributed by atoms with Crippen LogP contribution in [0.4, 0.5) is 8.78 Å². The number of halogens is 2. The Morgan fingerprint density at radius 3 is 2.56 bits per heavy atom. The number of carboxylic acids is 1. The van der Waals surface area contributed by atoms with E-state index in [1.165, 1.54) is 6.07 Å². The lowest BCUT2D eigenvalue weighted by atomic mass is 9.88. The molecular weight excluding hydrogens is 214 g/mol. The van der Waals surface area contributed by atoms with Crippen LogP contribution in [0.1, 0.15) is 30.4 Å². The molecule has 1 aliphatic carbocycles. The van der Waals surface area contributed by atoms with Gasteiger partial charge in [-0.15, -0.1) is 0 Å². The molecule has 0 saturated heterocycles. The minimum Gasteiger partial charge on any atom is -0.481 e. The Bertz CT molecular complexity index is 451. The Morgan fingerprint density at radius 1 is 1.44 bits per heavy atom. The number of rotatable bonds is 3. The third-order valence-electron chi connectivity index (χ3n) is 3.22. The van der Waals surface area contributed by atoms with E-state index in [0.29, 0.717) is 24.0 Å². The highest BCUT2D eigenvalue weighted by molar-refractivity contribution is 5.70. The van der Waals surface area contributed by atoms with E-state index in [1.807, 2.05) is 0 Å². The molecular formula is C12H12F2O2. The van der Waals surface area contributed by atoms with E-state index in [2.05, 4.69) is 0 Å². The van der Waals surface area contributed by atoms with Gasteiger partial charge in [0.15, 0.2) is 0 Å². The van der Waals surface area contributed by atoms with Crippen LogP contribution in [0.15, 0.2) is 12.1 Å². The van der Waals surface area contributed by atoms with Crippen molar-refractivity contribution in [2.45, 2.75) is 31.6 Å². The standard InChI is InChI=1S/C12H12F2O2/c1-7-9(4-8(13)5-10(7)14)12(2-3-12)6-11(15)16/h4-5H,2-3,6H2,1H3,(H,15,16). The maximum absolute atomic E-state index is 13.3. The Hall–Kier alpha value is -1.45. The predicted octanol–water partition coefficient (Wildman–Crippen LogP) is 2.78. The molecule has 1 fully saturated rings. The summed E-state index contributed by atoms with van der Waals surface area (Å²) >= 11 is 0. The second-order valence-corrected chi connectivity index (χ2v) is 4.41. The topological polar surface area (TPSA) is 37.3 Å². The largest absolute Gasteiger partial charge is 0.481 e. The van der Waals surface area contributed by atoms with Gasteiger partial charge in [0.1, 0.15) is 11.6 Å². The fraction of sp³-hybridized carbons (Fsp3) is 0.417. The number of carboxylic acid groups (broad SMARTS) is 1. The third kappa shape index (κ3) is 1.79. The first kappa shape index (κ1) is 11.0. The average molecular weight is 226 g/mol. The molecule has 1 aromatic rings. The summed E-state index contributed by atoms with van der Waals surface area (Å²) in [4.78, 5) is 10.7. The molecule has 0 spiro atoms. The van der Waals surface area contributed by atoms with Gasteiger partial charge in [-0.1, -0.05) is 0 Å². The van der Waals surface area contributed by atoms with Crippen molar-refractivity contribution in [2.75, 3.05) is 0 Å². The van der Waals surface area contributed by atoms with Gasteiger partial charge in [-0.3, -0.25) is 4.79 Å². The Labute approximate surface area is 91.9 Å². The van der Waals surface area contributed by atoms with E-state index in [0.717, 1.165) is 6.07 Å². The molecule has 2 nitrogen and oxygen atoms in total. The molecule has 2 rings (SSSR count). The van der Waals surface area contributed by atoms with Crippen LogP contribution in [0.2, 0.25) is 0 Å². The maximum atomic E-state index is 13.3. The molecule has 1 N–H and O–H groups in total. The molecule has 1 saturated carbocycles. The SMILES string of the molecule is Cc1c(F)cc(F)cc1C1(CC(=O)O)CC1. The van der Waals surface area contributed by atoms with Crippen molar-refractivity contribution >= 4 is 5.97 Å². The number of aliphatic carboxylic acids is 1. The van der Waals surface area contributed by atoms with Gasteiger partial charge in [0.2, 0.25) is 0 Å². The van der Waals surface area contributed by atoms with E-state index < -0.39 is 23.0 Å². The fourth-order valence-electron chi connectivity index (χ4n) is 2.18. The van der Waals surface area contributed by atoms with E-state index in [-0.39, 0.29) is 6.42 Å². The van der Waals surface area contributed by atoms with Crippen molar-refractivity contribution in [1.29, 1.82) is 0 Å². The summed E-state index contributed by atoms with van der Waals surface area (Å²) in [6, 6.07) is 2.09. The third-order valence-corrected chi connectivity index (χ3v) is 3.22. The molecule has 4 heteroatoms. The van der Waals surface area contributed by atoms with Gasteiger partial charge in [-0.2, -0.15) is 0 Å². The molecule has 0 unspecified atom stereocenters. The van der Waals surface area contributed by atoms with Gasteiger partial charge in [0.25, 0.3) is 0 Å². The quantitative estimate of drug-likeness (QED) is 0.860. The highest BCUT2D eigenvalue weighted by atomic mass is 19.1. The van der Waals surface area contributed by atoms with Gasteiger partial charge in [0.05, 0.1) is 6.42 Å². The van der Waals surface area contributed by atoms with Gasteiger partial charge in [0, 0.05) is 11.5 Å². The van der Waals surface area contributed by atoms with Crippen LogP contribution in [-0.2, 0) is 10.2 Å². The van der Waals surface area contributed by atoms with Crippen molar-refractivity contribution in [3.8, 4) is 0 Å². The van der Waals surface area contributed by atoms with Crippen LogP contribution in [0.25, 0.3) is 0 Å². The lowest BCUT2D eigenvalue weighted by Crippen LogP contribution is -2.15. The summed E-state index contributed by atoms with van der Waals surface area (Å²) in [6.07, 6.45) is 1.31. The van der Waals surface area contributed by atoms with Crippen LogP contribution in [0, 0.1) is 18.6 Å². The van der Waals surface area contributed by atoms with Gasteiger partial charge in [-0.05, 0) is 37.0 Å². The Balaban J connectivity index is 2.44. The van der Waals surface area contributed by atoms with Crippen LogP contribution in [-0.4, -0.2) is 11.1 Å². The van der Waals surface area contributed by atoms with Gasteiger partial charge >= 0.3 is 5.97 Å². The van der Waals surface area contributed by atoms with Crippen molar-refractivity contribution in [1.82, 2.24) is 0 Å². The minimum atomic E-state index is -0.929. The molecule has 86 valence electrons. The van der Waals surface area contributed by atoms with E-state index in [9.17, 15) is 13.6 Å². The molecule has 0 aliphatic heterocycles. The summed E-state index contributed by atoms with van der Waals surface area (Å²) in [5.41, 5.74) is 0.325. The first-order valence-corrected chi connectivity index (χ1v) is 5.12. The highest BCUT2D eigenvalue weighted by Crippen LogP contribution is 2.52. The van der Waals surface area contributed by atoms with Crippen molar-refractivity contribution < 1.29 is 18.7 Å². The van der Waals surface area contributed by atoms with E-state index >= 15 is 0 Å². The maximum Gasteiger partial charge on any atom is 0.304 e. The first-order valence-electron chi connectivity index (χ1n) is 5.12. The predicted molar refractivity (Wildman–Crippen MR) is 54.3 cm³/mol. The number of carbonyl (C=O) groups is 1. The number of hydrogen-bond acceptors (Lipinski definition) is 1. The first-order chi connectivity index (χ1) is 7.44. The molecule has 1 aromatic carbocycles. The normalized spacial score (nSPS) is 17.2. The summed E-state index contributed by atoms with van der Waals surface area (Å²) in [5.74, 6) is -2.18. The summed E-state index contributed by atoms with van der Waals surface area (Å²) < 4.78 is 26.5. The average Bonchev–Trinajstić information content (AvgIpc) is 2.91. The molecule has 0 heterocycles. The van der Waals surface area contributed by atoms with Crippen molar-refractivity contribution in [2.24, 2.45) is 0 Å². The van der Waals surface area contributed by atoms with Gasteiger partial charge in [-0.25, -0.2) is 8.78 Å². The van der Waals surface area contributed by atoms with Crippen LogP contribution in [0.5, 0.6) is 0 Å². The van der Waals surface area contributed by atoms with Crippen LogP contribution < -0.4 is 0 Å². The van der Waals surface area contributed by atoms with E-state index in [1.54, 1.807) is 6.92 Å². The molecule has 0 bridgehead atoms. The molecule has 0 aromatic heterocycles. The highest BCUT2D eigenvalue weighted by Gasteiger charge is 2.47. The Morgan fingerprint density at radius 2 is 2.06 bits per heavy atom. The zero-order chi connectivity index (χ0) is 11.9. The zero-order valence-corrected chi connectivity index (χ0v) is 8.89. The molecule has 0 atom stereocenters. The molecule has 0 amide bonds. The Kier molecular flexibility index (Phi) is 2.45. The number of benzene rings is 1. The van der Waals surface area contributed by atoms with Crippen LogP contribution >= 0.6 is 0 Å². The summed E-state index contributed by atoms with van der Waals surface area (Å²) in [6.45, 7) is 1.56. The second kappa shape index (κ2) is 3.54.